The van der Waals surface area contributed by atoms with Gasteiger partial charge in [-0.1, -0.05) is 0 Å². The summed E-state index contributed by atoms with van der Waals surface area (Å²) in [6.07, 6.45) is 2.45. The Kier molecular flexibility index (Phi) is 3.26. The number of hydrogen-bond donors (Lipinski definition) is 2. The fourth-order valence-electron chi connectivity index (χ4n) is 3.38. The number of nitrogens with zero attached hydrogens (tertiary/aromatic N) is 4. The zero-order valence-electron chi connectivity index (χ0n) is 13.1. The summed E-state index contributed by atoms with van der Waals surface area (Å²) in [4.78, 5) is 33.1. The molecule has 8 heteroatoms. The van der Waals surface area contributed by atoms with E-state index in [1.165, 1.54) is 15.5 Å². The number of pyridine rings is 1. The molecule has 1 saturated carbocycles. The molecule has 1 saturated heterocycles. The third-order valence-electron chi connectivity index (χ3n) is 4.87. The fraction of sp³-hybridized carbons (Fsp3) is 0.375. The van der Waals surface area contributed by atoms with Gasteiger partial charge >= 0.3 is 6.09 Å². The molecule has 8 nitrogen and oxygen atoms in total. The molecule has 124 valence electrons. The molecule has 0 bridgehead atoms. The van der Waals surface area contributed by atoms with Gasteiger partial charge in [0.15, 0.2) is 0 Å². The predicted octanol–water partition coefficient (Wildman–Crippen LogP) is 0.862. The van der Waals surface area contributed by atoms with Crippen LogP contribution in [0.2, 0.25) is 0 Å². The van der Waals surface area contributed by atoms with Crippen molar-refractivity contribution in [3.05, 3.63) is 40.9 Å². The van der Waals surface area contributed by atoms with E-state index in [1.807, 2.05) is 12.1 Å². The number of nitrogens with one attached hydrogen (secondary N) is 1. The summed E-state index contributed by atoms with van der Waals surface area (Å²) in [7, 11) is 1.68. The minimum absolute atomic E-state index is 0.141. The molecule has 2 aliphatic rings. The number of likely N-dealkylation sites (tertiary alicyclic amines) is 1. The molecule has 2 N–H and O–H groups in total. The third-order valence-corrected chi connectivity index (χ3v) is 4.87. The summed E-state index contributed by atoms with van der Waals surface area (Å²) >= 11 is 0. The van der Waals surface area contributed by atoms with Crippen LogP contribution in [0.4, 0.5) is 10.7 Å². The normalized spacial score (nSPS) is 24.5. The predicted molar refractivity (Wildman–Crippen MR) is 86.7 cm³/mol. The molecule has 3 atom stereocenters. The zero-order chi connectivity index (χ0) is 16.8. The van der Waals surface area contributed by atoms with E-state index in [2.05, 4.69) is 15.3 Å². The molecule has 0 unspecified atom stereocenters. The van der Waals surface area contributed by atoms with E-state index in [0.717, 1.165) is 5.56 Å². The standard InChI is InChI=1S/C16H17N5O3/c1-20-13(22)6-12(9-2-4-17-5-3-9)18-15(20)19-14-10-7-21(16(23)24)8-11(10)14/h2-6,10-11,14H,7-8H2,1H3,(H,18,19)(H,23,24)/t10-,11+,14-. The number of aromatic nitrogens is 3. The number of carboxylic acid groups (broad SMARTS) is 1. The van der Waals surface area contributed by atoms with E-state index in [1.54, 1.807) is 19.4 Å². The monoisotopic (exact) mass is 327 g/mol. The highest BCUT2D eigenvalue weighted by Gasteiger charge is 2.57. The Labute approximate surface area is 137 Å². The van der Waals surface area contributed by atoms with Crippen molar-refractivity contribution in [2.75, 3.05) is 18.4 Å². The van der Waals surface area contributed by atoms with Gasteiger partial charge in [0.1, 0.15) is 0 Å². The van der Waals surface area contributed by atoms with Gasteiger partial charge < -0.3 is 15.3 Å². The lowest BCUT2D eigenvalue weighted by molar-refractivity contribution is 0.150. The van der Waals surface area contributed by atoms with Gasteiger partial charge in [0, 0.05) is 62.0 Å². The van der Waals surface area contributed by atoms with Crippen LogP contribution in [0.15, 0.2) is 35.4 Å². The number of fused-ring (bicyclic) bond motifs is 1. The molecule has 0 spiro atoms. The minimum atomic E-state index is -0.869. The molecular formula is C16H17N5O3. The SMILES string of the molecule is Cn1c(N[C@@H]2[C@@H]3CN(C(=O)O)C[C@@H]32)nc(-c2ccncc2)cc1=O. The maximum Gasteiger partial charge on any atom is 0.407 e. The quantitative estimate of drug-likeness (QED) is 0.867. The van der Waals surface area contributed by atoms with Crippen LogP contribution in [0.25, 0.3) is 11.3 Å². The number of hydrogen-bond acceptors (Lipinski definition) is 5. The van der Waals surface area contributed by atoms with Crippen LogP contribution in [0.3, 0.4) is 0 Å². The van der Waals surface area contributed by atoms with E-state index in [9.17, 15) is 9.59 Å². The van der Waals surface area contributed by atoms with Crippen LogP contribution in [-0.4, -0.2) is 49.8 Å². The summed E-state index contributed by atoms with van der Waals surface area (Å²) in [6.45, 7) is 1.07. The van der Waals surface area contributed by atoms with Crippen molar-refractivity contribution < 1.29 is 9.90 Å². The number of carbonyl (C=O) groups is 1. The molecule has 3 heterocycles. The maximum atomic E-state index is 12.2. The largest absolute Gasteiger partial charge is 0.465 e. The van der Waals surface area contributed by atoms with Crippen molar-refractivity contribution in [1.82, 2.24) is 19.4 Å². The lowest BCUT2D eigenvalue weighted by Gasteiger charge is -2.17. The Balaban J connectivity index is 1.56. The molecule has 2 fully saturated rings. The molecule has 1 amide bonds. The topological polar surface area (TPSA) is 100 Å². The molecule has 1 aliphatic carbocycles. The van der Waals surface area contributed by atoms with Gasteiger partial charge in [-0.05, 0) is 12.1 Å². The second-order valence-corrected chi connectivity index (χ2v) is 6.28. The molecule has 4 rings (SSSR count). The van der Waals surface area contributed by atoms with E-state index in [0.29, 0.717) is 36.6 Å². The first-order valence-corrected chi connectivity index (χ1v) is 7.77. The highest BCUT2D eigenvalue weighted by Crippen LogP contribution is 2.46. The van der Waals surface area contributed by atoms with E-state index in [-0.39, 0.29) is 11.6 Å². The Morgan fingerprint density at radius 2 is 1.96 bits per heavy atom. The minimum Gasteiger partial charge on any atom is -0.465 e. The van der Waals surface area contributed by atoms with Gasteiger partial charge in [-0.25, -0.2) is 9.78 Å². The van der Waals surface area contributed by atoms with Crippen LogP contribution >= 0.6 is 0 Å². The van der Waals surface area contributed by atoms with Crippen LogP contribution in [0.1, 0.15) is 0 Å². The van der Waals surface area contributed by atoms with Crippen molar-refractivity contribution in [2.24, 2.45) is 18.9 Å². The van der Waals surface area contributed by atoms with Gasteiger partial charge in [0.2, 0.25) is 5.95 Å². The van der Waals surface area contributed by atoms with Gasteiger partial charge in [0.05, 0.1) is 5.69 Å². The molecular weight excluding hydrogens is 310 g/mol. The van der Waals surface area contributed by atoms with Gasteiger partial charge in [-0.15, -0.1) is 0 Å². The lowest BCUT2D eigenvalue weighted by atomic mass is 10.2. The molecule has 2 aromatic rings. The number of piperidine rings is 1. The second-order valence-electron chi connectivity index (χ2n) is 6.28. The molecule has 0 aromatic carbocycles. The van der Waals surface area contributed by atoms with Crippen LogP contribution in [0.5, 0.6) is 0 Å². The van der Waals surface area contributed by atoms with Crippen LogP contribution in [-0.2, 0) is 7.05 Å². The summed E-state index contributed by atoms with van der Waals surface area (Å²) < 4.78 is 1.48. The smallest absolute Gasteiger partial charge is 0.407 e. The van der Waals surface area contributed by atoms with Crippen molar-refractivity contribution >= 4 is 12.0 Å². The Morgan fingerprint density at radius 3 is 2.58 bits per heavy atom. The van der Waals surface area contributed by atoms with Gasteiger partial charge in [-0.2, -0.15) is 0 Å². The summed E-state index contributed by atoms with van der Waals surface area (Å²) in [5.74, 6) is 1.10. The number of rotatable bonds is 3. The van der Waals surface area contributed by atoms with Crippen molar-refractivity contribution in [3.63, 3.8) is 0 Å². The lowest BCUT2D eigenvalue weighted by Crippen LogP contribution is -2.33. The van der Waals surface area contributed by atoms with Crippen LogP contribution < -0.4 is 10.9 Å². The highest BCUT2D eigenvalue weighted by atomic mass is 16.4. The van der Waals surface area contributed by atoms with Crippen LogP contribution in [0, 0.1) is 11.8 Å². The second kappa shape index (κ2) is 5.33. The van der Waals surface area contributed by atoms with E-state index in [4.69, 9.17) is 5.11 Å². The summed E-state index contributed by atoms with van der Waals surface area (Å²) in [5, 5.41) is 12.3. The Morgan fingerprint density at radius 1 is 1.29 bits per heavy atom. The fourth-order valence-corrected chi connectivity index (χ4v) is 3.38. The first-order valence-electron chi connectivity index (χ1n) is 7.77. The van der Waals surface area contributed by atoms with Gasteiger partial charge in [0.25, 0.3) is 5.56 Å². The molecule has 1 aliphatic heterocycles. The highest BCUT2D eigenvalue weighted by molar-refractivity contribution is 5.66. The average molecular weight is 327 g/mol. The average Bonchev–Trinajstić information content (AvgIpc) is 3.02. The van der Waals surface area contributed by atoms with Crippen molar-refractivity contribution in [1.29, 1.82) is 0 Å². The number of amides is 1. The Bertz CT molecular complexity index is 839. The van der Waals surface area contributed by atoms with Crippen molar-refractivity contribution in [2.45, 2.75) is 6.04 Å². The van der Waals surface area contributed by atoms with E-state index >= 15 is 0 Å². The third kappa shape index (κ3) is 2.40. The molecule has 0 radical (unpaired) electrons. The maximum absolute atomic E-state index is 12.2. The first-order chi connectivity index (χ1) is 11.5. The number of anilines is 1. The summed E-state index contributed by atoms with van der Waals surface area (Å²) in [6, 6.07) is 5.29. The first kappa shape index (κ1) is 14.7. The van der Waals surface area contributed by atoms with Crippen molar-refractivity contribution in [3.8, 4) is 11.3 Å². The van der Waals surface area contributed by atoms with Gasteiger partial charge in [-0.3, -0.25) is 14.3 Å². The molecule has 2 aromatic heterocycles. The molecule has 24 heavy (non-hydrogen) atoms. The zero-order valence-corrected chi connectivity index (χ0v) is 13.1. The summed E-state index contributed by atoms with van der Waals surface area (Å²) in [5.41, 5.74) is 1.29. The van der Waals surface area contributed by atoms with E-state index < -0.39 is 6.09 Å². The Hall–Kier alpha value is -2.90.